The van der Waals surface area contributed by atoms with Gasteiger partial charge >= 0.3 is 0 Å². The summed E-state index contributed by atoms with van der Waals surface area (Å²) in [7, 11) is 0. The number of fused-ring (bicyclic) bond motifs is 12. The third kappa shape index (κ3) is 23.0. The monoisotopic (exact) mass is 1940 g/mol. The Morgan fingerprint density at radius 2 is 0.566 bits per heavy atom. The van der Waals surface area contributed by atoms with Crippen molar-refractivity contribution >= 4 is 78.8 Å². The average Bonchev–Trinajstić information content (AvgIpc) is 1.69. The molecule has 34 heteroatoms. The standard InChI is InChI=1S/C20H21N5.C19H19N5.4C18H22N6/c1-4-15-5-6-16-7-8-17(22-18(16)11-15)9-10-19-23-20-14(3)21-12-13(2)25(20)24-19;1-12-4-5-15-6-7-16(21-17(15)10-12)8-9-18-22-19-14(3)20-11-13(2)24(19)23-18;1-11-8-16-15(20-9-11)6-4-14(21-16)5-7-17-22-18-13(3)19-10-12(2)24(18)23-17;3*1-11-4-5-14-6-7-15(21-17(14)20-11)8-9-16-22-18-13(3)19-10-12(2)24(18)23-16/h5-8,11-12H,4,9-10H2,1-3H3;4-7,10-11H,8-9H2,1-3H3;4,6,10-11,20H,5,7-9H2,1-3H3;3*6-7,10-11H,4-5,8-9H2,1-3H3,(H,20,21)/t;;;2*11-;/m...10./s1. The molecule has 34 nitrogen and oxygen atoms in total. The maximum Gasteiger partial charge on any atom is 0.177 e. The number of pyridine rings is 6. The van der Waals surface area contributed by atoms with E-state index in [-0.39, 0.29) is 0 Å². The van der Waals surface area contributed by atoms with Crippen LogP contribution in [-0.4, -0.2) is 172 Å². The summed E-state index contributed by atoms with van der Waals surface area (Å²) in [6.45, 7) is 37.9. The fourth-order valence-electron chi connectivity index (χ4n) is 18.6. The van der Waals surface area contributed by atoms with Gasteiger partial charge in [0.15, 0.2) is 68.8 Å². The highest BCUT2D eigenvalue weighted by Crippen LogP contribution is 2.30. The number of aromatic nitrogens is 30. The second-order valence-corrected chi connectivity index (χ2v) is 39.3. The van der Waals surface area contributed by atoms with Crippen molar-refractivity contribution in [3.8, 4) is 0 Å². The highest BCUT2D eigenvalue weighted by molar-refractivity contribution is 5.80. The van der Waals surface area contributed by atoms with Gasteiger partial charge in [-0.2, -0.15) is 30.6 Å². The molecule has 0 spiro atoms. The highest BCUT2D eigenvalue weighted by Gasteiger charge is 2.24. The molecule has 0 fully saturated rings. The van der Waals surface area contributed by atoms with Gasteiger partial charge in [0.1, 0.15) is 17.5 Å². The van der Waals surface area contributed by atoms with E-state index in [1.165, 1.54) is 69.2 Å². The minimum atomic E-state index is 0.499. The minimum Gasteiger partial charge on any atom is -0.383 e. The third-order valence-electron chi connectivity index (χ3n) is 27.3. The SMILES string of the molecule is CCc1ccc2ccc(CCc3nc4c(C)ncc(C)n4n3)nc2c1.Cc1ccc2ccc(CCc3nc4c(C)ncc(C)n4n3)nc2c1.Cc1ncc(C)n2nc(CCc3ccc4c(n3)CC(C)CN4)nc12.Cc1ncc(C)n2nc(CCc3ccc4c(n3)NC(C)CC4)nc12.Cc1ncc(C)n2nc(CCc3ccc4c(n3)N[C@@H](C)CC4)nc12.Cc1ncc(C)n2nc(CCc3ccc4c(n3)N[C@H](C)CC4)nc12. The number of aryl methyl sites for hydroxylation is 29. The Hall–Kier alpha value is -15.6. The van der Waals surface area contributed by atoms with Crippen LogP contribution in [0, 0.1) is 95.9 Å². The Morgan fingerprint density at radius 3 is 0.876 bits per heavy atom. The van der Waals surface area contributed by atoms with Gasteiger partial charge in [-0.15, -0.1) is 0 Å². The Morgan fingerprint density at radius 1 is 0.290 bits per heavy atom. The van der Waals surface area contributed by atoms with E-state index in [2.05, 4.69) is 262 Å². The van der Waals surface area contributed by atoms with Crippen molar-refractivity contribution in [2.24, 2.45) is 5.92 Å². The topological polar surface area (TPSA) is 384 Å². The van der Waals surface area contributed by atoms with Crippen LogP contribution in [0.15, 0.2) is 146 Å². The van der Waals surface area contributed by atoms with Crippen molar-refractivity contribution in [2.75, 3.05) is 27.8 Å². The molecule has 0 saturated heterocycles. The fourth-order valence-corrected chi connectivity index (χ4v) is 18.6. The molecule has 22 heterocycles. The Bertz CT molecular complexity index is 7310. The number of hydrogen-bond donors (Lipinski definition) is 4. The van der Waals surface area contributed by atoms with Gasteiger partial charge in [0.05, 0.1) is 90.7 Å². The van der Waals surface area contributed by atoms with Crippen molar-refractivity contribution in [1.82, 2.24) is 147 Å². The molecule has 2 aromatic carbocycles. The predicted molar refractivity (Wildman–Crippen MR) is 566 cm³/mol. The van der Waals surface area contributed by atoms with E-state index in [0.717, 1.165) is 316 Å². The van der Waals surface area contributed by atoms with Crippen LogP contribution in [0.4, 0.5) is 23.1 Å². The van der Waals surface area contributed by atoms with Gasteiger partial charge in [0.2, 0.25) is 0 Å². The molecule has 145 heavy (non-hydrogen) atoms. The molecule has 20 aromatic rings. The summed E-state index contributed by atoms with van der Waals surface area (Å²) in [5.74, 6) is 8.82. The molecule has 18 aromatic heterocycles. The van der Waals surface area contributed by atoms with Crippen molar-refractivity contribution in [1.29, 1.82) is 0 Å². The maximum atomic E-state index is 4.83. The van der Waals surface area contributed by atoms with E-state index in [1.54, 1.807) is 0 Å². The Balaban J connectivity index is 0.000000110. The molecule has 0 radical (unpaired) electrons. The normalized spacial score (nSPS) is 15.0. The molecule has 742 valence electrons. The lowest BCUT2D eigenvalue weighted by Crippen LogP contribution is -2.23. The lowest BCUT2D eigenvalue weighted by Gasteiger charge is -2.23. The van der Waals surface area contributed by atoms with E-state index in [9.17, 15) is 0 Å². The largest absolute Gasteiger partial charge is 0.383 e. The molecule has 2 unspecified atom stereocenters. The van der Waals surface area contributed by atoms with Gasteiger partial charge in [0.25, 0.3) is 0 Å². The quantitative estimate of drug-likeness (QED) is 0.0584. The number of hydrogen-bond acceptors (Lipinski definition) is 28. The highest BCUT2D eigenvalue weighted by atomic mass is 15.4. The van der Waals surface area contributed by atoms with Crippen LogP contribution < -0.4 is 21.3 Å². The lowest BCUT2D eigenvalue weighted by molar-refractivity contribution is 0.581. The van der Waals surface area contributed by atoms with Crippen molar-refractivity contribution in [3.63, 3.8) is 0 Å². The lowest BCUT2D eigenvalue weighted by atomic mass is 9.99. The smallest absolute Gasteiger partial charge is 0.177 e. The molecule has 0 bridgehead atoms. The zero-order valence-electron chi connectivity index (χ0n) is 86.4. The molecule has 4 aliphatic rings. The first kappa shape index (κ1) is 98.2. The second-order valence-electron chi connectivity index (χ2n) is 39.3. The van der Waals surface area contributed by atoms with Crippen LogP contribution in [0.1, 0.15) is 225 Å². The van der Waals surface area contributed by atoms with Crippen LogP contribution in [0.25, 0.3) is 55.7 Å². The molecule has 4 N–H and O–H groups in total. The summed E-state index contributed by atoms with van der Waals surface area (Å²) in [5, 5.41) is 43.9. The predicted octanol–water partition coefficient (Wildman–Crippen LogP) is 17.5. The van der Waals surface area contributed by atoms with Crippen LogP contribution in [0.2, 0.25) is 0 Å². The van der Waals surface area contributed by atoms with Crippen LogP contribution in [0.3, 0.4) is 0 Å². The van der Waals surface area contributed by atoms with Crippen LogP contribution in [0.5, 0.6) is 0 Å². The Labute approximate surface area is 843 Å². The number of nitrogens with zero attached hydrogens (tertiary/aromatic N) is 30. The summed E-state index contributed by atoms with van der Waals surface area (Å²) in [5.41, 5.74) is 34.0. The van der Waals surface area contributed by atoms with Gasteiger partial charge in [-0.25, -0.2) is 71.9 Å². The van der Waals surface area contributed by atoms with Gasteiger partial charge in [-0.3, -0.25) is 44.9 Å². The first-order valence-electron chi connectivity index (χ1n) is 50.9. The number of benzene rings is 2. The second kappa shape index (κ2) is 43.3. The van der Waals surface area contributed by atoms with E-state index in [0.29, 0.717) is 24.0 Å². The first-order chi connectivity index (χ1) is 70.1. The molecule has 0 amide bonds. The summed E-state index contributed by atoms with van der Waals surface area (Å²) >= 11 is 0. The van der Waals surface area contributed by atoms with Crippen molar-refractivity contribution < 1.29 is 0 Å². The van der Waals surface area contributed by atoms with Gasteiger partial charge < -0.3 is 21.3 Å². The van der Waals surface area contributed by atoms with Gasteiger partial charge in [0, 0.05) is 145 Å². The zero-order valence-corrected chi connectivity index (χ0v) is 86.4. The maximum absolute atomic E-state index is 4.83. The number of rotatable bonds is 19. The van der Waals surface area contributed by atoms with E-state index in [4.69, 9.17) is 29.9 Å². The molecule has 24 rings (SSSR count). The molecular formula is C111H128N34. The van der Waals surface area contributed by atoms with Gasteiger partial charge in [-0.05, 0) is 289 Å². The first-order valence-corrected chi connectivity index (χ1v) is 50.9. The fraction of sp³-hybridized carbons (Fsp3) is 0.387. The number of nitrogens with one attached hydrogen (secondary N) is 4. The molecular weight excluding hydrogens is 1810 g/mol. The average molecular weight is 1940 g/mol. The van der Waals surface area contributed by atoms with Crippen LogP contribution in [-0.2, 0) is 109 Å². The van der Waals surface area contributed by atoms with E-state index < -0.39 is 0 Å². The third-order valence-corrected chi connectivity index (χ3v) is 27.3. The summed E-state index contributed by atoms with van der Waals surface area (Å²) in [6.07, 6.45) is 29.6. The van der Waals surface area contributed by atoms with Gasteiger partial charge in [-0.1, -0.05) is 68.4 Å². The van der Waals surface area contributed by atoms with Crippen molar-refractivity contribution in [2.45, 2.75) is 271 Å². The molecule has 0 aliphatic carbocycles. The molecule has 4 atom stereocenters. The van der Waals surface area contributed by atoms with E-state index >= 15 is 0 Å². The molecule has 0 saturated carbocycles. The number of anilines is 4. The summed E-state index contributed by atoms with van der Waals surface area (Å²) in [6, 6.07) is 40.1. The molecule has 4 aliphatic heterocycles. The van der Waals surface area contributed by atoms with Crippen LogP contribution >= 0.6 is 0 Å². The summed E-state index contributed by atoms with van der Waals surface area (Å²) in [4.78, 5) is 82.7. The van der Waals surface area contributed by atoms with Crippen molar-refractivity contribution in [3.05, 3.63) is 317 Å². The van der Waals surface area contributed by atoms with E-state index in [1.807, 2.05) is 147 Å². The minimum absolute atomic E-state index is 0.499. The summed E-state index contributed by atoms with van der Waals surface area (Å²) < 4.78 is 11.3. The Kier molecular flexibility index (Phi) is 29.3. The zero-order chi connectivity index (χ0) is 101.